The molecule has 4 nitrogen and oxygen atoms in total. The number of aliphatic hydroxyl groups excluding tert-OH is 1. The van der Waals surface area contributed by atoms with Crippen LogP contribution < -0.4 is 10.1 Å². The number of hydrogen-bond acceptors (Lipinski definition) is 3. The first-order valence-corrected chi connectivity index (χ1v) is 4.96. The van der Waals surface area contributed by atoms with E-state index < -0.39 is 0 Å². The minimum atomic E-state index is -0.0325. The third-order valence-corrected chi connectivity index (χ3v) is 2.31. The Labute approximate surface area is 87.9 Å². The van der Waals surface area contributed by atoms with Crippen LogP contribution in [0.4, 0.5) is 5.69 Å². The minimum Gasteiger partial charge on any atom is -0.491 e. The molecule has 0 radical (unpaired) electrons. The van der Waals surface area contributed by atoms with Crippen molar-refractivity contribution in [3.63, 3.8) is 0 Å². The molecule has 15 heavy (non-hydrogen) atoms. The number of anilines is 1. The Morgan fingerprint density at radius 3 is 3.13 bits per heavy atom. The topological polar surface area (TPSA) is 58.6 Å². The highest BCUT2D eigenvalue weighted by Crippen LogP contribution is 2.28. The number of fused-ring (bicyclic) bond motifs is 1. The fraction of sp³-hybridized carbons (Fsp3) is 0.364. The lowest BCUT2D eigenvalue weighted by atomic mass is 10.1. The number of carbonyl (C=O) groups is 1. The van der Waals surface area contributed by atoms with Crippen molar-refractivity contribution < 1.29 is 14.6 Å². The third-order valence-electron chi connectivity index (χ3n) is 2.31. The molecule has 2 rings (SSSR count). The lowest BCUT2D eigenvalue weighted by Gasteiger charge is -2.08. The maximum atomic E-state index is 11.3. The van der Waals surface area contributed by atoms with Gasteiger partial charge >= 0.3 is 0 Å². The van der Waals surface area contributed by atoms with Crippen LogP contribution in [0.1, 0.15) is 12.0 Å². The molecule has 0 fully saturated rings. The summed E-state index contributed by atoms with van der Waals surface area (Å²) in [6.45, 7) is 0.520. The fourth-order valence-electron chi connectivity index (χ4n) is 1.55. The van der Waals surface area contributed by atoms with E-state index in [1.54, 1.807) is 0 Å². The quantitative estimate of drug-likeness (QED) is 0.758. The highest BCUT2D eigenvalue weighted by Gasteiger charge is 2.13. The average molecular weight is 207 g/mol. The van der Waals surface area contributed by atoms with Gasteiger partial charge in [-0.25, -0.2) is 0 Å². The molecule has 2 N–H and O–H groups in total. The summed E-state index contributed by atoms with van der Waals surface area (Å²) in [6.07, 6.45) is 0.965. The summed E-state index contributed by atoms with van der Waals surface area (Å²) in [7, 11) is 0. The van der Waals surface area contributed by atoms with Gasteiger partial charge in [-0.3, -0.25) is 4.79 Å². The van der Waals surface area contributed by atoms with E-state index in [-0.39, 0.29) is 12.5 Å². The van der Waals surface area contributed by atoms with E-state index in [2.05, 4.69) is 5.32 Å². The molecule has 0 atom stereocenters. The molecule has 0 aliphatic carbocycles. The van der Waals surface area contributed by atoms with Crippen LogP contribution in [-0.2, 0) is 11.2 Å². The van der Waals surface area contributed by atoms with Gasteiger partial charge in [-0.2, -0.15) is 0 Å². The van der Waals surface area contributed by atoms with E-state index in [9.17, 15) is 4.79 Å². The van der Waals surface area contributed by atoms with E-state index in [0.717, 1.165) is 5.56 Å². The van der Waals surface area contributed by atoms with Crippen molar-refractivity contribution in [2.45, 2.75) is 12.8 Å². The zero-order chi connectivity index (χ0) is 10.7. The molecule has 80 valence electrons. The van der Waals surface area contributed by atoms with Gasteiger partial charge in [-0.05, 0) is 24.1 Å². The predicted molar refractivity (Wildman–Crippen MR) is 56.0 cm³/mol. The first-order chi connectivity index (χ1) is 7.29. The zero-order valence-corrected chi connectivity index (χ0v) is 8.32. The normalized spacial score (nSPS) is 14.9. The van der Waals surface area contributed by atoms with Gasteiger partial charge in [0, 0.05) is 6.61 Å². The van der Waals surface area contributed by atoms with Gasteiger partial charge in [-0.15, -0.1) is 0 Å². The number of amides is 1. The van der Waals surface area contributed by atoms with Crippen molar-refractivity contribution in [1.82, 2.24) is 0 Å². The molecular weight excluding hydrogens is 194 g/mol. The maximum absolute atomic E-state index is 11.3. The number of benzene rings is 1. The second kappa shape index (κ2) is 4.31. The van der Waals surface area contributed by atoms with Crippen molar-refractivity contribution in [2.75, 3.05) is 18.5 Å². The lowest BCUT2D eigenvalue weighted by molar-refractivity contribution is -0.116. The molecule has 1 heterocycles. The molecule has 0 saturated carbocycles. The molecule has 4 heteroatoms. The van der Waals surface area contributed by atoms with E-state index in [4.69, 9.17) is 9.84 Å². The average Bonchev–Trinajstić information content (AvgIpc) is 2.38. The summed E-state index contributed by atoms with van der Waals surface area (Å²) >= 11 is 0. The molecule has 0 saturated heterocycles. The Hall–Kier alpha value is -1.55. The maximum Gasteiger partial charge on any atom is 0.227 e. The summed E-state index contributed by atoms with van der Waals surface area (Å²) in [5, 5.41) is 11.6. The molecule has 0 aromatic heterocycles. The number of hydrogen-bond donors (Lipinski definition) is 2. The summed E-state index contributed by atoms with van der Waals surface area (Å²) in [6, 6.07) is 5.56. The number of carbonyl (C=O) groups excluding carboxylic acids is 1. The SMILES string of the molecule is O=C1CCOc2ccc(CCO)cc2N1. The number of aliphatic hydroxyl groups is 1. The van der Waals surface area contributed by atoms with Crippen molar-refractivity contribution >= 4 is 11.6 Å². The monoisotopic (exact) mass is 207 g/mol. The van der Waals surface area contributed by atoms with E-state index in [1.807, 2.05) is 18.2 Å². The van der Waals surface area contributed by atoms with Crippen molar-refractivity contribution in [3.05, 3.63) is 23.8 Å². The van der Waals surface area contributed by atoms with E-state index in [0.29, 0.717) is 30.9 Å². The number of ether oxygens (including phenoxy) is 1. The van der Waals surface area contributed by atoms with Crippen LogP contribution in [0.15, 0.2) is 18.2 Å². The van der Waals surface area contributed by atoms with Crippen molar-refractivity contribution in [1.29, 1.82) is 0 Å². The first-order valence-electron chi connectivity index (χ1n) is 4.96. The summed E-state index contributed by atoms with van der Waals surface area (Å²) in [5.41, 5.74) is 1.69. The smallest absolute Gasteiger partial charge is 0.227 e. The van der Waals surface area contributed by atoms with Gasteiger partial charge in [0.25, 0.3) is 0 Å². The van der Waals surface area contributed by atoms with Crippen LogP contribution in [0.5, 0.6) is 5.75 Å². The van der Waals surface area contributed by atoms with Gasteiger partial charge in [0.15, 0.2) is 0 Å². The molecule has 0 bridgehead atoms. The highest BCUT2D eigenvalue weighted by atomic mass is 16.5. The van der Waals surface area contributed by atoms with Gasteiger partial charge in [0.2, 0.25) is 5.91 Å². The summed E-state index contributed by atoms with van der Waals surface area (Å²) in [4.78, 5) is 11.3. The Kier molecular flexibility index (Phi) is 2.87. The Morgan fingerprint density at radius 1 is 1.47 bits per heavy atom. The second-order valence-corrected chi connectivity index (χ2v) is 3.45. The zero-order valence-electron chi connectivity index (χ0n) is 8.32. The molecular formula is C11H13NO3. The number of rotatable bonds is 2. The van der Waals surface area contributed by atoms with E-state index in [1.165, 1.54) is 0 Å². The number of nitrogens with one attached hydrogen (secondary N) is 1. The van der Waals surface area contributed by atoms with Crippen LogP contribution >= 0.6 is 0 Å². The molecule has 1 aliphatic rings. The Bertz CT molecular complexity index is 376. The second-order valence-electron chi connectivity index (χ2n) is 3.45. The van der Waals surface area contributed by atoms with Crippen LogP contribution in [0.3, 0.4) is 0 Å². The predicted octanol–water partition coefficient (Wildman–Crippen LogP) is 0.942. The van der Waals surface area contributed by atoms with Gasteiger partial charge in [0.1, 0.15) is 5.75 Å². The molecule has 1 aliphatic heterocycles. The van der Waals surface area contributed by atoms with Crippen LogP contribution in [0.25, 0.3) is 0 Å². The summed E-state index contributed by atoms with van der Waals surface area (Å²) in [5.74, 6) is 0.664. The highest BCUT2D eigenvalue weighted by molar-refractivity contribution is 5.93. The Balaban J connectivity index is 2.28. The van der Waals surface area contributed by atoms with Gasteiger partial charge < -0.3 is 15.2 Å². The third kappa shape index (κ3) is 2.27. The van der Waals surface area contributed by atoms with Gasteiger partial charge in [0.05, 0.1) is 18.7 Å². The fourth-order valence-corrected chi connectivity index (χ4v) is 1.55. The van der Waals surface area contributed by atoms with E-state index >= 15 is 0 Å². The largest absolute Gasteiger partial charge is 0.491 e. The van der Waals surface area contributed by atoms with Crippen LogP contribution in [0.2, 0.25) is 0 Å². The van der Waals surface area contributed by atoms with Gasteiger partial charge in [-0.1, -0.05) is 6.07 Å². The van der Waals surface area contributed by atoms with Crippen LogP contribution in [0, 0.1) is 0 Å². The molecule has 1 aromatic carbocycles. The van der Waals surface area contributed by atoms with Crippen LogP contribution in [-0.4, -0.2) is 24.2 Å². The molecule has 0 spiro atoms. The first kappa shape index (κ1) is 9.98. The minimum absolute atomic E-state index is 0.0325. The summed E-state index contributed by atoms with van der Waals surface area (Å²) < 4.78 is 5.41. The Morgan fingerprint density at radius 2 is 2.33 bits per heavy atom. The van der Waals surface area contributed by atoms with Crippen molar-refractivity contribution in [2.24, 2.45) is 0 Å². The standard InChI is InChI=1S/C11H13NO3/c13-5-3-8-1-2-10-9(7-8)12-11(14)4-6-15-10/h1-2,7,13H,3-6H2,(H,12,14). The lowest BCUT2D eigenvalue weighted by Crippen LogP contribution is -2.10. The van der Waals surface area contributed by atoms with Crippen molar-refractivity contribution in [3.8, 4) is 5.75 Å². The molecule has 1 amide bonds. The molecule has 0 unspecified atom stereocenters. The molecule has 1 aromatic rings.